The highest BCUT2D eigenvalue weighted by Gasteiger charge is 2.25. The first kappa shape index (κ1) is 14.2. The molecular weight excluding hydrogens is 206 g/mol. The van der Waals surface area contributed by atoms with E-state index in [2.05, 4.69) is 71.1 Å². The largest absolute Gasteiger partial charge is 0.310 e. The SMILES string of the molecule is CCNC(c1ccc(C(C)C)cc1)C(C)(C)C. The molecule has 1 rings (SSSR count). The van der Waals surface area contributed by atoms with Crippen LogP contribution in [0.3, 0.4) is 0 Å². The van der Waals surface area contributed by atoms with Gasteiger partial charge in [-0.2, -0.15) is 0 Å². The molecule has 1 nitrogen and oxygen atoms in total. The molecule has 0 bridgehead atoms. The summed E-state index contributed by atoms with van der Waals surface area (Å²) in [6.07, 6.45) is 0. The van der Waals surface area contributed by atoms with Gasteiger partial charge < -0.3 is 5.32 Å². The molecule has 1 N–H and O–H groups in total. The molecule has 0 saturated carbocycles. The maximum Gasteiger partial charge on any atom is 0.0369 e. The van der Waals surface area contributed by atoms with Gasteiger partial charge in [-0.15, -0.1) is 0 Å². The molecule has 0 heterocycles. The highest BCUT2D eigenvalue weighted by atomic mass is 14.9. The summed E-state index contributed by atoms with van der Waals surface area (Å²) in [6.45, 7) is 14.5. The van der Waals surface area contributed by atoms with Gasteiger partial charge in [0.15, 0.2) is 0 Å². The van der Waals surface area contributed by atoms with Gasteiger partial charge in [0.25, 0.3) is 0 Å². The van der Waals surface area contributed by atoms with E-state index in [4.69, 9.17) is 0 Å². The van der Waals surface area contributed by atoms with E-state index in [1.54, 1.807) is 0 Å². The molecular formula is C16H27N. The molecule has 0 amide bonds. The number of rotatable bonds is 4. The number of hydrogen-bond acceptors (Lipinski definition) is 1. The van der Waals surface area contributed by atoms with Crippen LogP contribution in [0.4, 0.5) is 0 Å². The normalized spacial score (nSPS) is 14.1. The summed E-state index contributed by atoms with van der Waals surface area (Å²) < 4.78 is 0. The van der Waals surface area contributed by atoms with Gasteiger partial charge in [-0.25, -0.2) is 0 Å². The molecule has 0 aromatic heterocycles. The monoisotopic (exact) mass is 233 g/mol. The van der Waals surface area contributed by atoms with E-state index >= 15 is 0 Å². The molecule has 0 radical (unpaired) electrons. The van der Waals surface area contributed by atoms with Gasteiger partial charge in [0, 0.05) is 6.04 Å². The molecule has 0 aliphatic heterocycles. The van der Waals surface area contributed by atoms with Crippen molar-refractivity contribution in [2.24, 2.45) is 5.41 Å². The fourth-order valence-corrected chi connectivity index (χ4v) is 2.20. The lowest BCUT2D eigenvalue weighted by Gasteiger charge is -2.32. The van der Waals surface area contributed by atoms with E-state index in [0.717, 1.165) is 6.54 Å². The Labute approximate surface area is 107 Å². The Kier molecular flexibility index (Phi) is 4.76. The zero-order valence-electron chi connectivity index (χ0n) is 12.2. The van der Waals surface area contributed by atoms with Crippen LogP contribution in [0.1, 0.15) is 64.6 Å². The lowest BCUT2D eigenvalue weighted by Crippen LogP contribution is -2.32. The predicted molar refractivity (Wildman–Crippen MR) is 76.4 cm³/mol. The Morgan fingerprint density at radius 2 is 1.47 bits per heavy atom. The lowest BCUT2D eigenvalue weighted by atomic mass is 9.82. The fourth-order valence-electron chi connectivity index (χ4n) is 2.20. The van der Waals surface area contributed by atoms with E-state index in [-0.39, 0.29) is 5.41 Å². The van der Waals surface area contributed by atoms with Crippen LogP contribution in [0, 0.1) is 5.41 Å². The van der Waals surface area contributed by atoms with Crippen LogP contribution in [0.25, 0.3) is 0 Å². The average Bonchev–Trinajstić information content (AvgIpc) is 2.24. The van der Waals surface area contributed by atoms with Crippen molar-refractivity contribution in [1.82, 2.24) is 5.32 Å². The molecule has 1 aromatic carbocycles. The molecule has 0 aliphatic carbocycles. The minimum atomic E-state index is 0.245. The van der Waals surface area contributed by atoms with E-state index in [0.29, 0.717) is 12.0 Å². The Morgan fingerprint density at radius 3 is 1.82 bits per heavy atom. The molecule has 1 heteroatoms. The van der Waals surface area contributed by atoms with Crippen molar-refractivity contribution in [1.29, 1.82) is 0 Å². The molecule has 96 valence electrons. The Bertz CT molecular complexity index is 330. The van der Waals surface area contributed by atoms with Gasteiger partial charge in [0.1, 0.15) is 0 Å². The topological polar surface area (TPSA) is 12.0 Å². The van der Waals surface area contributed by atoms with Crippen LogP contribution >= 0.6 is 0 Å². The smallest absolute Gasteiger partial charge is 0.0369 e. The maximum atomic E-state index is 3.59. The van der Waals surface area contributed by atoms with Crippen molar-refractivity contribution < 1.29 is 0 Å². The predicted octanol–water partition coefficient (Wildman–Crippen LogP) is 4.51. The first-order valence-corrected chi connectivity index (χ1v) is 6.69. The zero-order valence-corrected chi connectivity index (χ0v) is 12.2. The third kappa shape index (κ3) is 3.85. The van der Waals surface area contributed by atoms with Gasteiger partial charge in [0.2, 0.25) is 0 Å². The second kappa shape index (κ2) is 5.68. The highest BCUT2D eigenvalue weighted by molar-refractivity contribution is 5.27. The minimum absolute atomic E-state index is 0.245. The molecule has 0 saturated heterocycles. The van der Waals surface area contributed by atoms with Crippen LogP contribution in [-0.2, 0) is 0 Å². The van der Waals surface area contributed by atoms with Crippen molar-refractivity contribution >= 4 is 0 Å². The van der Waals surface area contributed by atoms with Crippen LogP contribution in [0.15, 0.2) is 24.3 Å². The third-order valence-electron chi connectivity index (χ3n) is 3.21. The summed E-state index contributed by atoms with van der Waals surface area (Å²) in [7, 11) is 0. The van der Waals surface area contributed by atoms with Gasteiger partial charge in [-0.3, -0.25) is 0 Å². The second-order valence-corrected chi connectivity index (χ2v) is 6.18. The molecule has 0 fully saturated rings. The zero-order chi connectivity index (χ0) is 13.1. The minimum Gasteiger partial charge on any atom is -0.310 e. The summed E-state index contributed by atoms with van der Waals surface area (Å²) in [5.41, 5.74) is 3.05. The first-order valence-electron chi connectivity index (χ1n) is 6.69. The average molecular weight is 233 g/mol. The van der Waals surface area contributed by atoms with Gasteiger partial charge in [0.05, 0.1) is 0 Å². The number of hydrogen-bond donors (Lipinski definition) is 1. The standard InChI is InChI=1S/C16H27N/c1-7-17-15(16(4,5)6)14-10-8-13(9-11-14)12(2)3/h8-12,15,17H,7H2,1-6H3. The van der Waals surface area contributed by atoms with Gasteiger partial charge in [-0.1, -0.05) is 65.8 Å². The molecule has 0 aliphatic rings. The van der Waals surface area contributed by atoms with Crippen molar-refractivity contribution in [3.8, 4) is 0 Å². The van der Waals surface area contributed by atoms with Gasteiger partial charge in [-0.05, 0) is 29.0 Å². The summed E-state index contributed by atoms with van der Waals surface area (Å²) in [5, 5.41) is 3.59. The second-order valence-electron chi connectivity index (χ2n) is 6.18. The molecule has 1 atom stereocenters. The summed E-state index contributed by atoms with van der Waals surface area (Å²) >= 11 is 0. The Balaban J connectivity index is 2.95. The van der Waals surface area contributed by atoms with Crippen molar-refractivity contribution in [2.45, 2.75) is 53.5 Å². The third-order valence-corrected chi connectivity index (χ3v) is 3.21. The van der Waals surface area contributed by atoms with E-state index in [1.165, 1.54) is 11.1 Å². The summed E-state index contributed by atoms with van der Waals surface area (Å²) in [5.74, 6) is 0.608. The van der Waals surface area contributed by atoms with E-state index < -0.39 is 0 Å². The molecule has 17 heavy (non-hydrogen) atoms. The molecule has 1 aromatic rings. The van der Waals surface area contributed by atoms with Crippen LogP contribution in [-0.4, -0.2) is 6.54 Å². The molecule has 0 spiro atoms. The first-order chi connectivity index (χ1) is 7.86. The number of nitrogens with one attached hydrogen (secondary N) is 1. The van der Waals surface area contributed by atoms with Crippen molar-refractivity contribution in [3.05, 3.63) is 35.4 Å². The lowest BCUT2D eigenvalue weighted by molar-refractivity contribution is 0.277. The van der Waals surface area contributed by atoms with Gasteiger partial charge >= 0.3 is 0 Å². The Morgan fingerprint density at radius 1 is 1.00 bits per heavy atom. The highest BCUT2D eigenvalue weighted by Crippen LogP contribution is 2.33. The van der Waals surface area contributed by atoms with Crippen molar-refractivity contribution in [2.75, 3.05) is 6.54 Å². The van der Waals surface area contributed by atoms with Crippen LogP contribution < -0.4 is 5.32 Å². The van der Waals surface area contributed by atoms with Crippen LogP contribution in [0.5, 0.6) is 0 Å². The Hall–Kier alpha value is -0.820. The number of benzene rings is 1. The molecule has 1 unspecified atom stereocenters. The maximum absolute atomic E-state index is 3.59. The van der Waals surface area contributed by atoms with E-state index in [1.807, 2.05) is 0 Å². The fraction of sp³-hybridized carbons (Fsp3) is 0.625. The quantitative estimate of drug-likeness (QED) is 0.807. The summed E-state index contributed by atoms with van der Waals surface area (Å²) in [6, 6.07) is 9.49. The van der Waals surface area contributed by atoms with Crippen molar-refractivity contribution in [3.63, 3.8) is 0 Å². The summed E-state index contributed by atoms with van der Waals surface area (Å²) in [4.78, 5) is 0. The van der Waals surface area contributed by atoms with E-state index in [9.17, 15) is 0 Å². The van der Waals surface area contributed by atoms with Crippen LogP contribution in [0.2, 0.25) is 0 Å².